The Bertz CT molecular complexity index is 3370. The van der Waals surface area contributed by atoms with Crippen LogP contribution in [0.15, 0.2) is 176 Å². The van der Waals surface area contributed by atoms with Crippen molar-refractivity contribution in [3.8, 4) is 34.4 Å². The van der Waals surface area contributed by atoms with Crippen LogP contribution in [0.3, 0.4) is 0 Å². The second-order valence-corrected chi connectivity index (χ2v) is 19.0. The summed E-state index contributed by atoms with van der Waals surface area (Å²) in [7, 11) is 7.20. The fraction of sp³-hybridized carbons (Fsp3) is 0.220. The first kappa shape index (κ1) is 73.9. The number of halogens is 4. The van der Waals surface area contributed by atoms with Crippen molar-refractivity contribution < 1.29 is 66.7 Å². The Kier molecular flexibility index (Phi) is 37.5. The molecule has 0 atom stereocenters. The molecule has 0 fully saturated rings. The lowest BCUT2D eigenvalue weighted by Gasteiger charge is -2.07. The molecule has 9 aromatic rings. The molecule has 22 nitrogen and oxygen atoms in total. The highest BCUT2D eigenvalue weighted by Crippen LogP contribution is 2.26. The first-order valence-corrected chi connectivity index (χ1v) is 32.8. The number of hydrogen-bond donors (Lipinski definition) is 3. The van der Waals surface area contributed by atoms with Gasteiger partial charge in [0.15, 0.2) is 23.3 Å². The summed E-state index contributed by atoms with van der Waals surface area (Å²) in [4.78, 5) is 47.7. The van der Waals surface area contributed by atoms with Crippen molar-refractivity contribution in [1.82, 2.24) is 30.4 Å². The Morgan fingerprint density at radius 2 is 0.897 bits per heavy atom. The third-order valence-corrected chi connectivity index (χ3v) is 11.5. The maximum absolute atomic E-state index is 12.1. The van der Waals surface area contributed by atoms with Crippen LogP contribution in [0.4, 0.5) is 0 Å². The van der Waals surface area contributed by atoms with E-state index in [1.165, 1.54) is 7.11 Å². The first-order chi connectivity index (χ1) is 42.4. The van der Waals surface area contributed by atoms with Gasteiger partial charge in [-0.05, 0) is 85.3 Å². The molecule has 3 aromatic heterocycles. The number of aliphatic hydroxyl groups excluding tert-OH is 1. The number of nitrogens with zero attached hydrogens (tertiary/aromatic N) is 7. The van der Waals surface area contributed by atoms with Crippen LogP contribution in [0.5, 0.6) is 0 Å². The third kappa shape index (κ3) is 26.7. The molecule has 0 aliphatic carbocycles. The van der Waals surface area contributed by atoms with Crippen molar-refractivity contribution in [3.05, 3.63) is 214 Å². The molecule has 0 bridgehead atoms. The van der Waals surface area contributed by atoms with Crippen LogP contribution in [0, 0.1) is 0 Å². The number of methoxy groups -OCH3 is 4. The monoisotopic (exact) mass is 1440 g/mol. The highest BCUT2D eigenvalue weighted by Gasteiger charge is 2.17. The van der Waals surface area contributed by atoms with Crippen LogP contribution in [-0.4, -0.2) is 105 Å². The number of benzene rings is 6. The van der Waals surface area contributed by atoms with Gasteiger partial charge in [0.25, 0.3) is 22.9 Å². The van der Waals surface area contributed by atoms with Gasteiger partial charge in [0.1, 0.15) is 39.6 Å². The van der Waals surface area contributed by atoms with Gasteiger partial charge in [-0.2, -0.15) is 15.0 Å². The number of rotatable bonds is 20. The highest BCUT2D eigenvalue weighted by atomic mass is 80.9. The van der Waals surface area contributed by atoms with Gasteiger partial charge in [0.05, 0.1) is 17.7 Å². The lowest BCUT2D eigenvalue weighted by atomic mass is 10.1. The van der Waals surface area contributed by atoms with E-state index in [1.54, 1.807) is 94.1 Å². The van der Waals surface area contributed by atoms with Crippen LogP contribution in [0.2, 0.25) is 0 Å². The average molecular weight is 1440 g/mol. The topological polar surface area (TPSA) is 302 Å². The molecule has 0 saturated heterocycles. The fourth-order valence-corrected chi connectivity index (χ4v) is 7.51. The van der Waals surface area contributed by atoms with Crippen LogP contribution < -0.4 is 5.73 Å². The molecule has 0 aliphatic heterocycles. The number of ether oxygens (including phenoxy) is 6. The summed E-state index contributed by atoms with van der Waals surface area (Å²) in [6, 6.07) is 47.0. The molecule has 0 saturated carbocycles. The molecule has 28 heteroatoms. The fourth-order valence-electron chi connectivity index (χ4n) is 6.84. The number of alkyl halides is 1. The molecule has 9 rings (SSSR count). The average Bonchev–Trinajstić information content (AvgIpc) is 3.42. The molecule has 460 valence electrons. The molecule has 0 unspecified atom stereocenters. The predicted molar refractivity (Wildman–Crippen MR) is 341 cm³/mol. The summed E-state index contributed by atoms with van der Waals surface area (Å²) in [5.41, 5.74) is 12.0. The minimum atomic E-state index is -0.564. The second kappa shape index (κ2) is 44.2. The zero-order chi connectivity index (χ0) is 63.6. The second-order valence-electron chi connectivity index (χ2n) is 16.6. The number of carbonyl (C=O) groups excluding carboxylic acids is 3. The van der Waals surface area contributed by atoms with Gasteiger partial charge >= 0.3 is 11.9 Å². The summed E-state index contributed by atoms with van der Waals surface area (Å²) in [6.07, 6.45) is 0. The minimum Gasteiger partial charge on any atom is -0.457 e. The van der Waals surface area contributed by atoms with E-state index in [0.29, 0.717) is 70.6 Å². The SMILES string of the molecule is BrBr.COC/C(N)=N/O.COCc1noc(-c2ccccc2CBr)n1.COCc1noc(-c2ccccc2CO)n1.COCc1noc(-c2ccccc2COC(=O)c2ccccc2)n1.CP=S.O=C(OCc1ccccc1C(=O)Cl)c1ccccc1. The van der Waals surface area contributed by atoms with Crippen molar-refractivity contribution in [2.45, 2.75) is 45.0 Å². The molecule has 0 amide bonds. The number of oxime groups is 1. The molecule has 87 heavy (non-hydrogen) atoms. The van der Waals surface area contributed by atoms with E-state index in [2.05, 4.69) is 96.3 Å². The smallest absolute Gasteiger partial charge is 0.338 e. The summed E-state index contributed by atoms with van der Waals surface area (Å²) >= 11 is 18.8. The van der Waals surface area contributed by atoms with Crippen LogP contribution in [0.25, 0.3) is 34.4 Å². The lowest BCUT2D eigenvalue weighted by molar-refractivity contribution is 0.0463. The summed E-state index contributed by atoms with van der Waals surface area (Å²) in [6.45, 7) is 3.11. The van der Waals surface area contributed by atoms with E-state index >= 15 is 0 Å². The normalized spacial score (nSPS) is 10.3. The van der Waals surface area contributed by atoms with Gasteiger partial charge in [-0.15, -0.1) is 0 Å². The Morgan fingerprint density at radius 1 is 0.552 bits per heavy atom. The summed E-state index contributed by atoms with van der Waals surface area (Å²) in [5, 5.41) is 31.3. The third-order valence-electron chi connectivity index (χ3n) is 10.7. The van der Waals surface area contributed by atoms with E-state index in [1.807, 2.05) is 91.6 Å². The maximum Gasteiger partial charge on any atom is 0.338 e. The molecule has 4 N–H and O–H groups in total. The van der Waals surface area contributed by atoms with E-state index in [0.717, 1.165) is 46.1 Å². The number of nitrogens with two attached hydrogens (primary N) is 1. The van der Waals surface area contributed by atoms with E-state index < -0.39 is 11.2 Å². The Hall–Kier alpha value is -7.33. The number of carbonyl (C=O) groups is 3. The van der Waals surface area contributed by atoms with Gasteiger partial charge in [-0.3, -0.25) is 4.79 Å². The zero-order valence-corrected chi connectivity index (χ0v) is 54.8. The molecular formula is C59H61Br3ClN8O14PS. The van der Waals surface area contributed by atoms with E-state index in [9.17, 15) is 19.5 Å². The predicted octanol–water partition coefficient (Wildman–Crippen LogP) is 12.9. The standard InChI is InChI=1S/C18H16N2O4.C15H11ClO3.C11H11BrN2O2.C11H12N2O3.C3H8N2O2.CH3PS.Br2/c1-22-12-16-19-17(24-20-16)15-10-6-5-9-14(15)11-23-18(21)13-7-3-2-4-8-13;16-14(17)13-9-5-4-8-12(13)10-19-15(18)11-6-2-1-3-7-11;1-15-7-10-13-11(16-14-10)9-5-3-2-4-8(9)6-12;1-15-7-10-12-11(16-13-10)9-5-3-2-4-8(9)6-14;1-7-2-3(4)5-6;1-2-3;1-2/h2-10H,11-12H2,1H3;1-9H,10H2;2-5H,6-7H2,1H3;2-5,14H,6-7H2,1H3;6H,2H2,1H3,(H2,4,5);1H3;. The van der Waals surface area contributed by atoms with Gasteiger partial charge < -0.3 is 58.0 Å². The van der Waals surface area contributed by atoms with Crippen molar-refractivity contribution in [2.75, 3.05) is 41.7 Å². The van der Waals surface area contributed by atoms with Crippen molar-refractivity contribution >= 4 is 98.0 Å². The maximum atomic E-state index is 12.1. The molecule has 0 radical (unpaired) electrons. The lowest BCUT2D eigenvalue weighted by Crippen LogP contribution is -2.17. The Labute approximate surface area is 537 Å². The Balaban J connectivity index is 0.000000288. The Morgan fingerprint density at radius 3 is 1.26 bits per heavy atom. The van der Waals surface area contributed by atoms with Gasteiger partial charge in [0.2, 0.25) is 0 Å². The van der Waals surface area contributed by atoms with Gasteiger partial charge in [0, 0.05) is 95.4 Å². The number of esters is 2. The molecule has 0 aliphatic rings. The molecular weight excluding hydrogens is 1380 g/mol. The largest absolute Gasteiger partial charge is 0.457 e. The van der Waals surface area contributed by atoms with Crippen LogP contribution in [0.1, 0.15) is 70.8 Å². The van der Waals surface area contributed by atoms with Crippen LogP contribution in [-0.2, 0) is 85.2 Å². The van der Waals surface area contributed by atoms with Gasteiger partial charge in [-0.1, -0.05) is 158 Å². The van der Waals surface area contributed by atoms with Crippen molar-refractivity contribution in [1.29, 1.82) is 0 Å². The summed E-state index contributed by atoms with van der Waals surface area (Å²) < 4.78 is 45.4. The highest BCUT2D eigenvalue weighted by molar-refractivity contribution is 9.93. The molecule has 6 aromatic carbocycles. The number of aliphatic hydroxyl groups is 1. The van der Waals surface area contributed by atoms with Crippen molar-refractivity contribution in [3.63, 3.8) is 0 Å². The summed E-state index contributed by atoms with van der Waals surface area (Å²) in [5.74, 6) is 2.08. The van der Waals surface area contributed by atoms with E-state index in [4.69, 9.17) is 59.8 Å². The molecule has 0 spiro atoms. The minimum absolute atomic E-state index is 0.0162. The van der Waals surface area contributed by atoms with Gasteiger partial charge in [-0.25, -0.2) is 9.59 Å². The quantitative estimate of drug-likeness (QED) is 0.00933. The van der Waals surface area contributed by atoms with Crippen LogP contribution >= 0.6 is 63.1 Å². The van der Waals surface area contributed by atoms with Crippen molar-refractivity contribution in [2.24, 2.45) is 10.9 Å². The first-order valence-electron chi connectivity index (χ1n) is 25.3. The zero-order valence-electron chi connectivity index (χ0n) is 47.5. The van der Waals surface area contributed by atoms with E-state index in [-0.39, 0.29) is 44.8 Å². The number of aromatic nitrogens is 6. The molecule has 3 heterocycles. The number of amidine groups is 1. The number of hydrogen-bond acceptors (Lipinski definition) is 22.